The Morgan fingerprint density at radius 1 is 1.29 bits per heavy atom. The summed E-state index contributed by atoms with van der Waals surface area (Å²) in [5, 5.41) is 4.49. The predicted molar refractivity (Wildman–Crippen MR) is 66.5 cm³/mol. The molecule has 17 heavy (non-hydrogen) atoms. The van der Waals surface area contributed by atoms with Crippen molar-refractivity contribution in [2.75, 3.05) is 0 Å². The van der Waals surface area contributed by atoms with E-state index >= 15 is 0 Å². The summed E-state index contributed by atoms with van der Waals surface area (Å²) in [6.45, 7) is 6.19. The highest BCUT2D eigenvalue weighted by Gasteiger charge is 2.10. The van der Waals surface area contributed by atoms with Crippen molar-refractivity contribution in [3.63, 3.8) is 0 Å². The standard InChI is InChI=1S/C13H14ClNO2/c1-8-4-5-12(14)13(6-8)16-7-11-9(2)15-17-10(11)3/h4-6H,7H2,1-3H3. The molecule has 1 aromatic heterocycles. The number of ether oxygens (including phenoxy) is 1. The second kappa shape index (κ2) is 4.80. The molecule has 90 valence electrons. The zero-order valence-electron chi connectivity index (χ0n) is 10.1. The van der Waals surface area contributed by atoms with Crippen molar-refractivity contribution >= 4 is 11.6 Å². The van der Waals surface area contributed by atoms with E-state index in [0.717, 1.165) is 22.6 Å². The third kappa shape index (κ3) is 2.61. The van der Waals surface area contributed by atoms with E-state index in [9.17, 15) is 0 Å². The largest absolute Gasteiger partial charge is 0.487 e. The second-order valence-corrected chi connectivity index (χ2v) is 4.43. The molecule has 0 N–H and O–H groups in total. The molecule has 0 aliphatic rings. The van der Waals surface area contributed by atoms with Crippen LogP contribution in [0.1, 0.15) is 22.6 Å². The fourth-order valence-corrected chi connectivity index (χ4v) is 1.75. The Hall–Kier alpha value is -1.48. The molecule has 2 rings (SSSR count). The number of hydrogen-bond acceptors (Lipinski definition) is 3. The van der Waals surface area contributed by atoms with E-state index in [4.69, 9.17) is 20.9 Å². The predicted octanol–water partition coefficient (Wildman–Crippen LogP) is 3.83. The first-order valence-corrected chi connectivity index (χ1v) is 5.76. The molecule has 0 atom stereocenters. The average molecular weight is 252 g/mol. The van der Waals surface area contributed by atoms with Gasteiger partial charge in [-0.05, 0) is 38.5 Å². The Morgan fingerprint density at radius 3 is 2.71 bits per heavy atom. The van der Waals surface area contributed by atoms with Gasteiger partial charge >= 0.3 is 0 Å². The maximum absolute atomic E-state index is 6.05. The van der Waals surface area contributed by atoms with E-state index in [1.807, 2.05) is 39.0 Å². The van der Waals surface area contributed by atoms with Gasteiger partial charge in [-0.3, -0.25) is 0 Å². The van der Waals surface area contributed by atoms with Gasteiger partial charge in [0, 0.05) is 0 Å². The quantitative estimate of drug-likeness (QED) is 0.832. The Balaban J connectivity index is 2.15. The lowest BCUT2D eigenvalue weighted by molar-refractivity contribution is 0.301. The molecule has 0 aliphatic carbocycles. The fraction of sp³-hybridized carbons (Fsp3) is 0.308. The Labute approximate surface area is 105 Å². The lowest BCUT2D eigenvalue weighted by Crippen LogP contribution is -1.98. The molecule has 0 saturated carbocycles. The molecule has 0 amide bonds. The third-order valence-electron chi connectivity index (χ3n) is 2.64. The molecule has 1 aromatic carbocycles. The van der Waals surface area contributed by atoms with Gasteiger partial charge in [0.05, 0.1) is 16.3 Å². The molecular formula is C13H14ClNO2. The zero-order valence-corrected chi connectivity index (χ0v) is 10.8. The normalized spacial score (nSPS) is 10.6. The van der Waals surface area contributed by atoms with Crippen LogP contribution in [0.2, 0.25) is 5.02 Å². The van der Waals surface area contributed by atoms with Crippen LogP contribution in [0.5, 0.6) is 5.75 Å². The Bertz CT molecular complexity index is 515. The van der Waals surface area contributed by atoms with Crippen molar-refractivity contribution in [1.29, 1.82) is 0 Å². The summed E-state index contributed by atoms with van der Waals surface area (Å²) in [6, 6.07) is 5.70. The molecule has 0 aliphatic heterocycles. The summed E-state index contributed by atoms with van der Waals surface area (Å²) in [5.41, 5.74) is 2.94. The molecule has 3 nitrogen and oxygen atoms in total. The Morgan fingerprint density at radius 2 is 2.06 bits per heavy atom. The van der Waals surface area contributed by atoms with Gasteiger partial charge < -0.3 is 9.26 Å². The minimum atomic E-state index is 0.421. The molecule has 4 heteroatoms. The maximum atomic E-state index is 6.05. The highest BCUT2D eigenvalue weighted by Crippen LogP contribution is 2.26. The van der Waals surface area contributed by atoms with Crippen LogP contribution >= 0.6 is 11.6 Å². The Kier molecular flexibility index (Phi) is 3.38. The number of aromatic nitrogens is 1. The minimum absolute atomic E-state index is 0.421. The van der Waals surface area contributed by atoms with Crippen molar-refractivity contribution < 1.29 is 9.26 Å². The highest BCUT2D eigenvalue weighted by molar-refractivity contribution is 6.32. The molecule has 2 aromatic rings. The molecule has 0 unspecified atom stereocenters. The summed E-state index contributed by atoms with van der Waals surface area (Å²) in [4.78, 5) is 0. The van der Waals surface area contributed by atoms with Gasteiger partial charge in [0.1, 0.15) is 18.1 Å². The van der Waals surface area contributed by atoms with E-state index in [1.54, 1.807) is 0 Å². The van der Waals surface area contributed by atoms with E-state index in [1.165, 1.54) is 0 Å². The van der Waals surface area contributed by atoms with Crippen molar-refractivity contribution in [2.24, 2.45) is 0 Å². The molecule has 0 fully saturated rings. The molecule has 0 spiro atoms. The number of rotatable bonds is 3. The summed E-state index contributed by atoms with van der Waals surface area (Å²) < 4.78 is 10.8. The van der Waals surface area contributed by atoms with Crippen molar-refractivity contribution in [3.8, 4) is 5.75 Å². The fourth-order valence-electron chi connectivity index (χ4n) is 1.58. The zero-order chi connectivity index (χ0) is 12.4. The molecule has 1 heterocycles. The van der Waals surface area contributed by atoms with Crippen LogP contribution in [0, 0.1) is 20.8 Å². The van der Waals surface area contributed by atoms with Gasteiger partial charge in [0.15, 0.2) is 0 Å². The van der Waals surface area contributed by atoms with Crippen LogP contribution in [-0.2, 0) is 6.61 Å². The van der Waals surface area contributed by atoms with E-state index in [0.29, 0.717) is 17.4 Å². The number of hydrogen-bond donors (Lipinski definition) is 0. The molecule has 0 bridgehead atoms. The van der Waals surface area contributed by atoms with Crippen LogP contribution in [0.4, 0.5) is 0 Å². The van der Waals surface area contributed by atoms with Crippen LogP contribution in [0.25, 0.3) is 0 Å². The summed E-state index contributed by atoms with van der Waals surface area (Å²) in [5.74, 6) is 1.47. The number of nitrogens with zero attached hydrogens (tertiary/aromatic N) is 1. The average Bonchev–Trinajstić information content (AvgIpc) is 2.61. The topological polar surface area (TPSA) is 35.3 Å². The van der Waals surface area contributed by atoms with Gasteiger partial charge in [0.2, 0.25) is 0 Å². The highest BCUT2D eigenvalue weighted by atomic mass is 35.5. The monoisotopic (exact) mass is 251 g/mol. The first-order valence-electron chi connectivity index (χ1n) is 5.38. The van der Waals surface area contributed by atoms with E-state index in [-0.39, 0.29) is 0 Å². The van der Waals surface area contributed by atoms with Gasteiger partial charge in [-0.15, -0.1) is 0 Å². The third-order valence-corrected chi connectivity index (χ3v) is 2.95. The maximum Gasteiger partial charge on any atom is 0.140 e. The lowest BCUT2D eigenvalue weighted by Gasteiger charge is -2.08. The summed E-state index contributed by atoms with van der Waals surface area (Å²) in [7, 11) is 0. The lowest BCUT2D eigenvalue weighted by atomic mass is 10.2. The number of halogens is 1. The van der Waals surface area contributed by atoms with Crippen molar-refractivity contribution in [1.82, 2.24) is 5.16 Å². The minimum Gasteiger partial charge on any atom is -0.487 e. The van der Waals surface area contributed by atoms with E-state index < -0.39 is 0 Å². The summed E-state index contributed by atoms with van der Waals surface area (Å²) >= 11 is 6.05. The smallest absolute Gasteiger partial charge is 0.140 e. The van der Waals surface area contributed by atoms with Crippen molar-refractivity contribution in [3.05, 3.63) is 45.8 Å². The molecule has 0 radical (unpaired) electrons. The van der Waals surface area contributed by atoms with Crippen LogP contribution in [-0.4, -0.2) is 5.16 Å². The van der Waals surface area contributed by atoms with Crippen LogP contribution in [0.15, 0.2) is 22.7 Å². The second-order valence-electron chi connectivity index (χ2n) is 4.03. The molecular weight excluding hydrogens is 238 g/mol. The van der Waals surface area contributed by atoms with Crippen molar-refractivity contribution in [2.45, 2.75) is 27.4 Å². The van der Waals surface area contributed by atoms with Gasteiger partial charge in [-0.2, -0.15) is 0 Å². The van der Waals surface area contributed by atoms with Gasteiger partial charge in [-0.25, -0.2) is 0 Å². The van der Waals surface area contributed by atoms with Crippen LogP contribution in [0.3, 0.4) is 0 Å². The number of benzene rings is 1. The first-order chi connectivity index (χ1) is 8.08. The van der Waals surface area contributed by atoms with Gasteiger partial charge in [-0.1, -0.05) is 22.8 Å². The first kappa shape index (κ1) is 12.0. The van der Waals surface area contributed by atoms with Crippen LogP contribution < -0.4 is 4.74 Å². The SMILES string of the molecule is Cc1ccc(Cl)c(OCc2c(C)noc2C)c1. The number of aryl methyl sites for hydroxylation is 3. The van der Waals surface area contributed by atoms with E-state index in [2.05, 4.69) is 5.16 Å². The summed E-state index contributed by atoms with van der Waals surface area (Å²) in [6.07, 6.45) is 0. The molecule has 0 saturated heterocycles. The van der Waals surface area contributed by atoms with Gasteiger partial charge in [0.25, 0.3) is 0 Å².